The lowest BCUT2D eigenvalue weighted by atomic mass is 10.0. The fourth-order valence-corrected chi connectivity index (χ4v) is 5.85. The summed E-state index contributed by atoms with van der Waals surface area (Å²) in [6.07, 6.45) is 0. The molecule has 0 aliphatic carbocycles. The van der Waals surface area contributed by atoms with Gasteiger partial charge in [-0.1, -0.05) is 47.7 Å². The monoisotopic (exact) mass is 538 g/mol. The Balaban J connectivity index is 1.47. The summed E-state index contributed by atoms with van der Waals surface area (Å²) < 4.78 is 14.2. The first-order chi connectivity index (χ1) is 18.9. The van der Waals surface area contributed by atoms with Crippen LogP contribution in [0.2, 0.25) is 0 Å². The number of hydrogen-bond donors (Lipinski definition) is 0. The Kier molecular flexibility index (Phi) is 6.36. The molecule has 0 N–H and O–H groups in total. The molecule has 3 heterocycles. The van der Waals surface area contributed by atoms with Crippen molar-refractivity contribution in [3.05, 3.63) is 94.1 Å². The minimum Gasteiger partial charge on any atom is -0.492 e. The molecule has 6 rings (SSSR count). The molecule has 0 unspecified atom stereocenters. The van der Waals surface area contributed by atoms with Crippen molar-refractivity contribution in [2.45, 2.75) is 27.3 Å². The molecule has 9 heteroatoms. The smallest absolute Gasteiger partial charge is 0.349 e. The average molecular weight is 539 g/mol. The van der Waals surface area contributed by atoms with E-state index in [1.54, 1.807) is 17.0 Å². The number of thiazole rings is 1. The van der Waals surface area contributed by atoms with E-state index in [9.17, 15) is 9.59 Å². The van der Waals surface area contributed by atoms with Crippen molar-refractivity contribution < 1.29 is 13.9 Å². The molecule has 0 fully saturated rings. The van der Waals surface area contributed by atoms with Gasteiger partial charge in [-0.25, -0.2) is 9.78 Å². The number of nitrogens with zero attached hydrogens (tertiary/aromatic N) is 4. The Morgan fingerprint density at radius 1 is 1.05 bits per heavy atom. The van der Waals surface area contributed by atoms with Gasteiger partial charge in [-0.3, -0.25) is 14.4 Å². The summed E-state index contributed by atoms with van der Waals surface area (Å²) in [5, 5.41) is 7.62. The van der Waals surface area contributed by atoms with Crippen molar-refractivity contribution in [3.8, 4) is 5.75 Å². The first kappa shape index (κ1) is 24.8. The summed E-state index contributed by atoms with van der Waals surface area (Å²) in [6, 6.07) is 20.8. The maximum Gasteiger partial charge on any atom is 0.349 e. The van der Waals surface area contributed by atoms with Gasteiger partial charge in [-0.05, 0) is 61.9 Å². The van der Waals surface area contributed by atoms with E-state index in [1.165, 1.54) is 11.3 Å². The van der Waals surface area contributed by atoms with Gasteiger partial charge < -0.3 is 9.15 Å². The summed E-state index contributed by atoms with van der Waals surface area (Å²) in [6.45, 7) is 7.01. The quantitative estimate of drug-likeness (QED) is 0.180. The van der Waals surface area contributed by atoms with E-state index < -0.39 is 11.5 Å². The van der Waals surface area contributed by atoms with E-state index >= 15 is 0 Å². The van der Waals surface area contributed by atoms with Crippen LogP contribution in [0.25, 0.3) is 32.0 Å². The van der Waals surface area contributed by atoms with Crippen molar-refractivity contribution in [2.75, 3.05) is 18.1 Å². The number of fused-ring (bicyclic) bond motifs is 4. The minimum absolute atomic E-state index is 0.0449. The Morgan fingerprint density at radius 3 is 2.69 bits per heavy atom. The molecule has 3 aromatic carbocycles. The van der Waals surface area contributed by atoms with Crippen LogP contribution >= 0.6 is 11.3 Å². The van der Waals surface area contributed by atoms with Crippen LogP contribution in [0.4, 0.5) is 5.13 Å². The Labute approximate surface area is 228 Å². The minimum atomic E-state index is -0.685. The third-order valence-corrected chi connectivity index (χ3v) is 7.70. The van der Waals surface area contributed by atoms with Crippen LogP contribution in [0.15, 0.2) is 75.9 Å². The molecule has 0 saturated carbocycles. The van der Waals surface area contributed by atoms with Crippen LogP contribution in [0, 0.1) is 13.8 Å². The highest BCUT2D eigenvalue weighted by Gasteiger charge is 2.26. The van der Waals surface area contributed by atoms with Gasteiger partial charge in [0.25, 0.3) is 5.91 Å². The Hall–Kier alpha value is -4.50. The molecule has 0 aliphatic heterocycles. The molecular formula is C30H26N4O4S. The lowest BCUT2D eigenvalue weighted by Crippen LogP contribution is -2.36. The number of carbonyl (C=O) groups is 1. The third-order valence-electron chi connectivity index (χ3n) is 6.66. The van der Waals surface area contributed by atoms with E-state index in [1.807, 2.05) is 80.1 Å². The highest BCUT2D eigenvalue weighted by Crippen LogP contribution is 2.35. The highest BCUT2D eigenvalue weighted by molar-refractivity contribution is 7.22. The molecule has 3 aromatic heterocycles. The SMILES string of the molecule is CCOc1cccc2sc(N(CCn3nc(C)cc3C)C(=O)c3cc4c(ccc5ccccc54)oc3=O)nc12. The van der Waals surface area contributed by atoms with Crippen LogP contribution in [0.3, 0.4) is 0 Å². The number of amides is 1. The first-order valence-corrected chi connectivity index (χ1v) is 13.6. The van der Waals surface area contributed by atoms with Crippen LogP contribution in [0.5, 0.6) is 5.75 Å². The van der Waals surface area contributed by atoms with E-state index in [2.05, 4.69) is 5.10 Å². The van der Waals surface area contributed by atoms with E-state index in [-0.39, 0.29) is 12.1 Å². The largest absolute Gasteiger partial charge is 0.492 e. The molecule has 39 heavy (non-hydrogen) atoms. The lowest BCUT2D eigenvalue weighted by molar-refractivity contribution is 0.0982. The van der Waals surface area contributed by atoms with Crippen LogP contribution in [-0.4, -0.2) is 33.8 Å². The van der Waals surface area contributed by atoms with Crippen LogP contribution in [0.1, 0.15) is 28.7 Å². The zero-order chi connectivity index (χ0) is 27.1. The summed E-state index contributed by atoms with van der Waals surface area (Å²) in [7, 11) is 0. The lowest BCUT2D eigenvalue weighted by Gasteiger charge is -2.20. The number of aryl methyl sites for hydroxylation is 2. The van der Waals surface area contributed by atoms with Crippen molar-refractivity contribution >= 4 is 54.3 Å². The fraction of sp³-hybridized carbons (Fsp3) is 0.200. The number of rotatable bonds is 7. The van der Waals surface area contributed by atoms with Crippen LogP contribution < -0.4 is 15.3 Å². The molecule has 0 saturated heterocycles. The molecule has 1 amide bonds. The second-order valence-corrected chi connectivity index (χ2v) is 10.3. The summed E-state index contributed by atoms with van der Waals surface area (Å²) >= 11 is 1.38. The summed E-state index contributed by atoms with van der Waals surface area (Å²) in [5.74, 6) is 0.178. The summed E-state index contributed by atoms with van der Waals surface area (Å²) in [4.78, 5) is 33.6. The number of hydrogen-bond acceptors (Lipinski definition) is 7. The highest BCUT2D eigenvalue weighted by atomic mass is 32.1. The second-order valence-electron chi connectivity index (χ2n) is 9.29. The second kappa shape index (κ2) is 9.99. The number of anilines is 1. The number of carbonyl (C=O) groups excluding carboxylic acids is 1. The van der Waals surface area contributed by atoms with Crippen molar-refractivity contribution in [1.82, 2.24) is 14.8 Å². The molecule has 8 nitrogen and oxygen atoms in total. The predicted molar refractivity (Wildman–Crippen MR) is 154 cm³/mol. The predicted octanol–water partition coefficient (Wildman–Crippen LogP) is 6.11. The maximum atomic E-state index is 14.1. The van der Waals surface area contributed by atoms with Gasteiger partial charge in [0, 0.05) is 17.6 Å². The number of ether oxygens (including phenoxy) is 1. The molecular weight excluding hydrogens is 512 g/mol. The first-order valence-electron chi connectivity index (χ1n) is 12.7. The van der Waals surface area contributed by atoms with Gasteiger partial charge in [0.1, 0.15) is 22.4 Å². The normalized spacial score (nSPS) is 11.5. The molecule has 0 aliphatic rings. The Bertz CT molecular complexity index is 1920. The van der Waals surface area contributed by atoms with Gasteiger partial charge in [0.05, 0.1) is 23.5 Å². The number of aromatic nitrogens is 3. The topological polar surface area (TPSA) is 90.5 Å². The van der Waals surface area contributed by atoms with Gasteiger partial charge in [-0.2, -0.15) is 5.10 Å². The van der Waals surface area contributed by atoms with Gasteiger partial charge in [0.15, 0.2) is 5.13 Å². The van der Waals surface area contributed by atoms with Crippen LogP contribution in [-0.2, 0) is 6.54 Å². The maximum absolute atomic E-state index is 14.1. The van der Waals surface area contributed by atoms with Crippen molar-refractivity contribution in [2.24, 2.45) is 0 Å². The van der Waals surface area contributed by atoms with Gasteiger partial charge in [-0.15, -0.1) is 0 Å². The Morgan fingerprint density at radius 2 is 1.90 bits per heavy atom. The molecule has 0 atom stereocenters. The molecule has 196 valence electrons. The number of benzene rings is 3. The summed E-state index contributed by atoms with van der Waals surface area (Å²) in [5.41, 5.74) is 2.27. The molecule has 6 aromatic rings. The number of para-hydroxylation sites is 1. The van der Waals surface area contributed by atoms with Gasteiger partial charge in [0.2, 0.25) is 0 Å². The van der Waals surface area contributed by atoms with E-state index in [4.69, 9.17) is 14.1 Å². The van der Waals surface area contributed by atoms with Crippen molar-refractivity contribution in [3.63, 3.8) is 0 Å². The fourth-order valence-electron chi connectivity index (χ4n) is 4.85. The third kappa shape index (κ3) is 4.55. The van der Waals surface area contributed by atoms with Gasteiger partial charge >= 0.3 is 5.63 Å². The van der Waals surface area contributed by atoms with E-state index in [0.29, 0.717) is 40.5 Å². The molecule has 0 spiro atoms. The standard InChI is InChI=1S/C30H26N4O4S/c1-4-37-25-10-7-11-26-27(25)31-30(39-26)33(14-15-34-19(3)16-18(2)32-34)28(35)23-17-22-21-9-6-5-8-20(21)12-13-24(22)38-29(23)36/h5-13,16-17H,4,14-15H2,1-3H3. The molecule has 0 radical (unpaired) electrons. The molecule has 0 bridgehead atoms. The average Bonchev–Trinajstić information content (AvgIpc) is 3.51. The zero-order valence-corrected chi connectivity index (χ0v) is 22.6. The van der Waals surface area contributed by atoms with E-state index in [0.717, 1.165) is 26.9 Å². The zero-order valence-electron chi connectivity index (χ0n) is 21.8. The van der Waals surface area contributed by atoms with Crippen molar-refractivity contribution in [1.29, 1.82) is 0 Å².